The van der Waals surface area contributed by atoms with E-state index in [9.17, 15) is 13.6 Å². The van der Waals surface area contributed by atoms with Gasteiger partial charge in [-0.3, -0.25) is 4.79 Å². The standard InChI is InChI=1S/C10H12F2N2O2/c1-6(9(13)15)14-7-4-2-3-5-8(7)16-10(11)12/h2-6,10,14H,1H3,(H2,13,15). The van der Waals surface area contributed by atoms with Gasteiger partial charge < -0.3 is 15.8 Å². The minimum absolute atomic E-state index is 0.0226. The zero-order valence-electron chi connectivity index (χ0n) is 8.61. The lowest BCUT2D eigenvalue weighted by atomic mass is 10.2. The maximum absolute atomic E-state index is 12.1. The summed E-state index contributed by atoms with van der Waals surface area (Å²) in [7, 11) is 0. The van der Waals surface area contributed by atoms with E-state index in [0.29, 0.717) is 5.69 Å². The van der Waals surface area contributed by atoms with Crippen molar-refractivity contribution in [2.45, 2.75) is 19.6 Å². The first kappa shape index (κ1) is 12.2. The summed E-state index contributed by atoms with van der Waals surface area (Å²) in [6.45, 7) is -1.38. The SMILES string of the molecule is CC(Nc1ccccc1OC(F)F)C(N)=O. The second-order valence-corrected chi connectivity index (χ2v) is 3.14. The number of amides is 1. The van der Waals surface area contributed by atoms with Crippen LogP contribution in [0.15, 0.2) is 24.3 Å². The van der Waals surface area contributed by atoms with Crippen molar-refractivity contribution < 1.29 is 18.3 Å². The molecule has 0 heterocycles. The molecule has 1 atom stereocenters. The molecule has 0 radical (unpaired) electrons. The molecule has 6 heteroatoms. The van der Waals surface area contributed by atoms with Crippen LogP contribution in [0, 0.1) is 0 Å². The molecule has 88 valence electrons. The number of rotatable bonds is 5. The van der Waals surface area contributed by atoms with E-state index in [1.165, 1.54) is 19.1 Å². The summed E-state index contributed by atoms with van der Waals surface area (Å²) in [6, 6.07) is 5.42. The topological polar surface area (TPSA) is 64.3 Å². The van der Waals surface area contributed by atoms with Crippen LogP contribution in [0.3, 0.4) is 0 Å². The molecule has 1 aromatic rings. The molecule has 0 bridgehead atoms. The summed E-state index contributed by atoms with van der Waals surface area (Å²) in [5.74, 6) is -0.600. The number of primary amides is 1. The molecule has 0 aliphatic carbocycles. The van der Waals surface area contributed by atoms with E-state index in [2.05, 4.69) is 10.1 Å². The van der Waals surface area contributed by atoms with Crippen molar-refractivity contribution in [3.8, 4) is 5.75 Å². The number of nitrogens with one attached hydrogen (secondary N) is 1. The summed E-state index contributed by atoms with van der Waals surface area (Å²) in [5.41, 5.74) is 5.34. The van der Waals surface area contributed by atoms with Gasteiger partial charge in [-0.1, -0.05) is 12.1 Å². The summed E-state index contributed by atoms with van der Waals surface area (Å²) in [4.78, 5) is 10.8. The quantitative estimate of drug-likeness (QED) is 0.807. The van der Waals surface area contributed by atoms with Crippen molar-refractivity contribution in [3.63, 3.8) is 0 Å². The smallest absolute Gasteiger partial charge is 0.387 e. The number of halogens is 2. The molecule has 0 saturated heterocycles. The number of carbonyl (C=O) groups is 1. The van der Waals surface area contributed by atoms with E-state index in [0.717, 1.165) is 0 Å². The van der Waals surface area contributed by atoms with Gasteiger partial charge in [-0.15, -0.1) is 0 Å². The van der Waals surface area contributed by atoms with E-state index in [-0.39, 0.29) is 5.75 Å². The molecule has 1 amide bonds. The summed E-state index contributed by atoms with van der Waals surface area (Å²) >= 11 is 0. The third kappa shape index (κ3) is 3.38. The van der Waals surface area contributed by atoms with Gasteiger partial charge >= 0.3 is 6.61 Å². The first-order valence-electron chi connectivity index (χ1n) is 4.60. The van der Waals surface area contributed by atoms with Gasteiger partial charge in [0, 0.05) is 0 Å². The second kappa shape index (κ2) is 5.29. The number of alkyl halides is 2. The van der Waals surface area contributed by atoms with Crippen LogP contribution in [0.25, 0.3) is 0 Å². The second-order valence-electron chi connectivity index (χ2n) is 3.14. The minimum Gasteiger partial charge on any atom is -0.433 e. The van der Waals surface area contributed by atoms with Crippen LogP contribution in [0.2, 0.25) is 0 Å². The molecule has 0 fully saturated rings. The zero-order chi connectivity index (χ0) is 12.1. The molecule has 3 N–H and O–H groups in total. The lowest BCUT2D eigenvalue weighted by Crippen LogP contribution is -2.32. The van der Waals surface area contributed by atoms with Gasteiger partial charge in [-0.25, -0.2) is 0 Å². The van der Waals surface area contributed by atoms with Crippen molar-refractivity contribution in [1.29, 1.82) is 0 Å². The predicted molar refractivity (Wildman–Crippen MR) is 55.4 cm³/mol. The maximum Gasteiger partial charge on any atom is 0.387 e. The third-order valence-electron chi connectivity index (χ3n) is 1.90. The normalized spacial score (nSPS) is 12.2. The number of para-hydroxylation sites is 2. The number of hydrogen-bond donors (Lipinski definition) is 2. The fourth-order valence-electron chi connectivity index (χ4n) is 1.09. The number of nitrogens with two attached hydrogens (primary N) is 1. The molecule has 1 rings (SSSR count). The Kier molecular flexibility index (Phi) is 4.04. The van der Waals surface area contributed by atoms with E-state index in [1.54, 1.807) is 12.1 Å². The van der Waals surface area contributed by atoms with Crippen LogP contribution in [-0.4, -0.2) is 18.6 Å². The van der Waals surface area contributed by atoms with Gasteiger partial charge in [0.1, 0.15) is 11.8 Å². The van der Waals surface area contributed by atoms with E-state index in [4.69, 9.17) is 5.73 Å². The fraction of sp³-hybridized carbons (Fsp3) is 0.300. The van der Waals surface area contributed by atoms with Gasteiger partial charge in [0.05, 0.1) is 5.69 Å². The number of ether oxygens (including phenoxy) is 1. The molecule has 0 saturated carbocycles. The van der Waals surface area contributed by atoms with Crippen LogP contribution >= 0.6 is 0 Å². The van der Waals surface area contributed by atoms with Gasteiger partial charge in [-0.2, -0.15) is 8.78 Å². The Bertz CT molecular complexity index is 372. The summed E-state index contributed by atoms with van der Waals surface area (Å²) < 4.78 is 28.4. The van der Waals surface area contributed by atoms with Crippen LogP contribution in [-0.2, 0) is 4.79 Å². The molecule has 4 nitrogen and oxygen atoms in total. The van der Waals surface area contributed by atoms with Crippen molar-refractivity contribution in [2.24, 2.45) is 5.73 Å². The van der Waals surface area contributed by atoms with Gasteiger partial charge in [0.25, 0.3) is 0 Å². The third-order valence-corrected chi connectivity index (χ3v) is 1.90. The van der Waals surface area contributed by atoms with Crippen molar-refractivity contribution >= 4 is 11.6 Å². The first-order chi connectivity index (χ1) is 7.50. The number of benzene rings is 1. The molecule has 1 aromatic carbocycles. The highest BCUT2D eigenvalue weighted by atomic mass is 19.3. The van der Waals surface area contributed by atoms with Crippen LogP contribution in [0.1, 0.15) is 6.92 Å². The highest BCUT2D eigenvalue weighted by Crippen LogP contribution is 2.25. The van der Waals surface area contributed by atoms with E-state index in [1.807, 2.05) is 0 Å². The molecule has 16 heavy (non-hydrogen) atoms. The average Bonchev–Trinajstić information content (AvgIpc) is 2.20. The van der Waals surface area contributed by atoms with Crippen molar-refractivity contribution in [2.75, 3.05) is 5.32 Å². The molecular formula is C10H12F2N2O2. The summed E-state index contributed by atoms with van der Waals surface area (Å²) in [6.07, 6.45) is 0. The highest BCUT2D eigenvalue weighted by molar-refractivity contribution is 5.83. The van der Waals surface area contributed by atoms with Gasteiger partial charge in [0.15, 0.2) is 0 Å². The Morgan fingerprint density at radius 1 is 1.44 bits per heavy atom. The number of hydrogen-bond acceptors (Lipinski definition) is 3. The zero-order valence-corrected chi connectivity index (χ0v) is 8.61. The Morgan fingerprint density at radius 3 is 2.62 bits per heavy atom. The van der Waals surface area contributed by atoms with Crippen molar-refractivity contribution in [1.82, 2.24) is 0 Å². The molecular weight excluding hydrogens is 218 g/mol. The molecule has 0 aliphatic rings. The van der Waals surface area contributed by atoms with Crippen LogP contribution in [0.4, 0.5) is 14.5 Å². The van der Waals surface area contributed by atoms with E-state index < -0.39 is 18.6 Å². The molecule has 0 aromatic heterocycles. The van der Waals surface area contributed by atoms with Crippen molar-refractivity contribution in [3.05, 3.63) is 24.3 Å². The Balaban J connectivity index is 2.82. The number of carbonyl (C=O) groups excluding carboxylic acids is 1. The minimum atomic E-state index is -2.91. The summed E-state index contributed by atoms with van der Waals surface area (Å²) in [5, 5.41) is 2.68. The highest BCUT2D eigenvalue weighted by Gasteiger charge is 2.13. The fourth-order valence-corrected chi connectivity index (χ4v) is 1.09. The molecule has 0 spiro atoms. The largest absolute Gasteiger partial charge is 0.433 e. The Morgan fingerprint density at radius 2 is 2.06 bits per heavy atom. The monoisotopic (exact) mass is 230 g/mol. The first-order valence-corrected chi connectivity index (χ1v) is 4.60. The van der Waals surface area contributed by atoms with Gasteiger partial charge in [-0.05, 0) is 19.1 Å². The lowest BCUT2D eigenvalue weighted by molar-refractivity contribution is -0.118. The van der Waals surface area contributed by atoms with E-state index >= 15 is 0 Å². The number of anilines is 1. The van der Waals surface area contributed by atoms with Crippen LogP contribution < -0.4 is 15.8 Å². The van der Waals surface area contributed by atoms with Crippen LogP contribution in [0.5, 0.6) is 5.75 Å². The lowest BCUT2D eigenvalue weighted by Gasteiger charge is -2.15. The molecule has 1 unspecified atom stereocenters. The Labute approximate surface area is 91.4 Å². The average molecular weight is 230 g/mol. The molecule has 0 aliphatic heterocycles. The maximum atomic E-state index is 12.1. The Hall–Kier alpha value is -1.85. The van der Waals surface area contributed by atoms with Gasteiger partial charge in [0.2, 0.25) is 5.91 Å². The predicted octanol–water partition coefficient (Wildman–Crippen LogP) is 1.57.